The van der Waals surface area contributed by atoms with E-state index in [0.29, 0.717) is 6.42 Å². The summed E-state index contributed by atoms with van der Waals surface area (Å²) in [6.45, 7) is 1.56. The number of hydrogen-bond acceptors (Lipinski definition) is 3. The first kappa shape index (κ1) is 11.1. The second kappa shape index (κ2) is 4.65. The SMILES string of the molecule is Cn1ccnc1CC(=O)N1CCC(N)CC1. The average molecular weight is 222 g/mol. The number of rotatable bonds is 2. The van der Waals surface area contributed by atoms with Gasteiger partial charge < -0.3 is 15.2 Å². The van der Waals surface area contributed by atoms with E-state index in [2.05, 4.69) is 4.98 Å². The fraction of sp³-hybridized carbons (Fsp3) is 0.636. The summed E-state index contributed by atoms with van der Waals surface area (Å²) in [6, 6.07) is 0.261. The Morgan fingerprint density at radius 3 is 2.81 bits per heavy atom. The number of hydrogen-bond donors (Lipinski definition) is 1. The maximum absolute atomic E-state index is 12.0. The van der Waals surface area contributed by atoms with Crippen molar-refractivity contribution < 1.29 is 4.79 Å². The summed E-state index contributed by atoms with van der Waals surface area (Å²) in [5.74, 6) is 0.973. The van der Waals surface area contributed by atoms with Crippen LogP contribution in [-0.4, -0.2) is 39.5 Å². The molecule has 2 rings (SSSR count). The summed E-state index contributed by atoms with van der Waals surface area (Å²) in [4.78, 5) is 18.0. The monoisotopic (exact) mass is 222 g/mol. The van der Waals surface area contributed by atoms with Crippen molar-refractivity contribution in [3.63, 3.8) is 0 Å². The highest BCUT2D eigenvalue weighted by molar-refractivity contribution is 5.78. The zero-order valence-corrected chi connectivity index (χ0v) is 9.59. The van der Waals surface area contributed by atoms with E-state index < -0.39 is 0 Å². The molecule has 1 aliphatic heterocycles. The number of likely N-dealkylation sites (tertiary alicyclic amines) is 1. The van der Waals surface area contributed by atoms with E-state index in [1.807, 2.05) is 22.7 Å². The third kappa shape index (κ3) is 2.41. The fourth-order valence-corrected chi connectivity index (χ4v) is 1.96. The van der Waals surface area contributed by atoms with E-state index in [1.165, 1.54) is 0 Å². The standard InChI is InChI=1S/C11H18N4O/c1-14-7-4-13-10(14)8-11(16)15-5-2-9(12)3-6-15/h4,7,9H,2-3,5-6,8,12H2,1H3. The van der Waals surface area contributed by atoms with Crippen molar-refractivity contribution in [2.45, 2.75) is 25.3 Å². The van der Waals surface area contributed by atoms with Gasteiger partial charge in [0.2, 0.25) is 5.91 Å². The molecule has 0 saturated carbocycles. The van der Waals surface area contributed by atoms with Crippen LogP contribution in [0.4, 0.5) is 0 Å². The molecule has 5 heteroatoms. The maximum atomic E-state index is 12.0. The van der Waals surface area contributed by atoms with E-state index >= 15 is 0 Å². The van der Waals surface area contributed by atoms with Crippen molar-refractivity contribution >= 4 is 5.91 Å². The quantitative estimate of drug-likeness (QED) is 0.760. The lowest BCUT2D eigenvalue weighted by Crippen LogP contribution is -2.43. The molecule has 0 atom stereocenters. The lowest BCUT2D eigenvalue weighted by atomic mass is 10.1. The van der Waals surface area contributed by atoms with Gasteiger partial charge in [0, 0.05) is 38.6 Å². The number of carbonyl (C=O) groups excluding carboxylic acids is 1. The predicted molar refractivity (Wildman–Crippen MR) is 60.7 cm³/mol. The van der Waals surface area contributed by atoms with Gasteiger partial charge in [-0.05, 0) is 12.8 Å². The second-order valence-electron chi connectivity index (χ2n) is 4.35. The zero-order chi connectivity index (χ0) is 11.5. The summed E-state index contributed by atoms with van der Waals surface area (Å²) >= 11 is 0. The van der Waals surface area contributed by atoms with Crippen LogP contribution in [-0.2, 0) is 18.3 Å². The van der Waals surface area contributed by atoms with Crippen molar-refractivity contribution in [3.8, 4) is 0 Å². The van der Waals surface area contributed by atoms with Gasteiger partial charge in [-0.2, -0.15) is 0 Å². The topological polar surface area (TPSA) is 64.2 Å². The van der Waals surface area contributed by atoms with E-state index in [9.17, 15) is 4.79 Å². The summed E-state index contributed by atoms with van der Waals surface area (Å²) in [7, 11) is 1.90. The molecule has 0 bridgehead atoms. The van der Waals surface area contributed by atoms with Gasteiger partial charge in [-0.1, -0.05) is 0 Å². The predicted octanol–water partition coefficient (Wildman–Crippen LogP) is -0.0877. The Morgan fingerprint density at radius 1 is 1.56 bits per heavy atom. The number of piperidine rings is 1. The molecule has 0 unspecified atom stereocenters. The van der Waals surface area contributed by atoms with Gasteiger partial charge in [0.05, 0.1) is 6.42 Å². The smallest absolute Gasteiger partial charge is 0.230 e. The number of carbonyl (C=O) groups is 1. The van der Waals surface area contributed by atoms with Gasteiger partial charge in [-0.3, -0.25) is 4.79 Å². The third-order valence-electron chi connectivity index (χ3n) is 3.12. The van der Waals surface area contributed by atoms with Gasteiger partial charge in [-0.25, -0.2) is 4.98 Å². The number of nitrogens with two attached hydrogens (primary N) is 1. The molecule has 16 heavy (non-hydrogen) atoms. The van der Waals surface area contributed by atoms with E-state index in [1.54, 1.807) is 6.20 Å². The first-order valence-corrected chi connectivity index (χ1v) is 5.66. The van der Waals surface area contributed by atoms with Crippen LogP contribution >= 0.6 is 0 Å². The molecule has 1 aromatic heterocycles. The molecule has 1 aliphatic rings. The summed E-state index contributed by atoms with van der Waals surface area (Å²) in [5, 5.41) is 0. The van der Waals surface area contributed by atoms with Gasteiger partial charge in [0.15, 0.2) is 0 Å². The molecule has 1 fully saturated rings. The molecule has 2 heterocycles. The van der Waals surface area contributed by atoms with Crippen molar-refractivity contribution in [1.29, 1.82) is 0 Å². The minimum atomic E-state index is 0.154. The highest BCUT2D eigenvalue weighted by Gasteiger charge is 2.21. The first-order valence-electron chi connectivity index (χ1n) is 5.66. The molecule has 0 radical (unpaired) electrons. The van der Waals surface area contributed by atoms with Crippen LogP contribution in [0.25, 0.3) is 0 Å². The van der Waals surface area contributed by atoms with E-state index in [0.717, 1.165) is 31.8 Å². The Morgan fingerprint density at radius 2 is 2.25 bits per heavy atom. The average Bonchev–Trinajstić information content (AvgIpc) is 2.65. The van der Waals surface area contributed by atoms with Crippen molar-refractivity contribution in [2.75, 3.05) is 13.1 Å². The van der Waals surface area contributed by atoms with Crippen LogP contribution < -0.4 is 5.73 Å². The second-order valence-corrected chi connectivity index (χ2v) is 4.35. The van der Waals surface area contributed by atoms with Crippen LogP contribution in [0, 0.1) is 0 Å². The molecule has 88 valence electrons. The molecule has 1 amide bonds. The number of amides is 1. The number of nitrogens with zero attached hydrogens (tertiary/aromatic N) is 3. The largest absolute Gasteiger partial charge is 0.342 e. The van der Waals surface area contributed by atoms with Gasteiger partial charge >= 0.3 is 0 Å². The molecule has 0 spiro atoms. The van der Waals surface area contributed by atoms with Crippen molar-refractivity contribution in [3.05, 3.63) is 18.2 Å². The Labute approximate surface area is 95.2 Å². The summed E-state index contributed by atoms with van der Waals surface area (Å²) < 4.78 is 1.88. The minimum Gasteiger partial charge on any atom is -0.342 e. The number of imidazole rings is 1. The van der Waals surface area contributed by atoms with Crippen molar-refractivity contribution in [1.82, 2.24) is 14.5 Å². The third-order valence-corrected chi connectivity index (χ3v) is 3.12. The zero-order valence-electron chi connectivity index (χ0n) is 9.59. The number of aryl methyl sites for hydroxylation is 1. The fourth-order valence-electron chi connectivity index (χ4n) is 1.96. The molecular formula is C11H18N4O. The Balaban J connectivity index is 1.91. The van der Waals surface area contributed by atoms with Gasteiger partial charge in [0.25, 0.3) is 0 Å². The highest BCUT2D eigenvalue weighted by Crippen LogP contribution is 2.10. The molecule has 2 N–H and O–H groups in total. The summed E-state index contributed by atoms with van der Waals surface area (Å²) in [6.07, 6.45) is 5.78. The molecular weight excluding hydrogens is 204 g/mol. The molecule has 0 aromatic carbocycles. The Hall–Kier alpha value is -1.36. The molecule has 0 aliphatic carbocycles. The van der Waals surface area contributed by atoms with E-state index in [4.69, 9.17) is 5.73 Å². The Bertz CT molecular complexity index is 366. The van der Waals surface area contributed by atoms with Gasteiger partial charge in [-0.15, -0.1) is 0 Å². The Kier molecular flexibility index (Phi) is 3.24. The lowest BCUT2D eigenvalue weighted by Gasteiger charge is -2.30. The van der Waals surface area contributed by atoms with E-state index in [-0.39, 0.29) is 11.9 Å². The first-order chi connectivity index (χ1) is 7.66. The molecule has 1 saturated heterocycles. The molecule has 5 nitrogen and oxygen atoms in total. The number of aromatic nitrogens is 2. The lowest BCUT2D eigenvalue weighted by molar-refractivity contribution is -0.131. The van der Waals surface area contributed by atoms with Crippen LogP contribution in [0.1, 0.15) is 18.7 Å². The van der Waals surface area contributed by atoms with Gasteiger partial charge in [0.1, 0.15) is 5.82 Å². The minimum absolute atomic E-state index is 0.154. The normalized spacial score (nSPS) is 17.8. The highest BCUT2D eigenvalue weighted by atomic mass is 16.2. The van der Waals surface area contributed by atoms with Crippen LogP contribution in [0.5, 0.6) is 0 Å². The van der Waals surface area contributed by atoms with Crippen LogP contribution in [0.2, 0.25) is 0 Å². The summed E-state index contributed by atoms with van der Waals surface area (Å²) in [5.41, 5.74) is 5.80. The van der Waals surface area contributed by atoms with Crippen LogP contribution in [0.15, 0.2) is 12.4 Å². The molecule has 1 aromatic rings. The maximum Gasteiger partial charge on any atom is 0.230 e. The van der Waals surface area contributed by atoms with Crippen LogP contribution in [0.3, 0.4) is 0 Å². The van der Waals surface area contributed by atoms with Crippen molar-refractivity contribution in [2.24, 2.45) is 12.8 Å².